The summed E-state index contributed by atoms with van der Waals surface area (Å²) >= 11 is 0. The van der Waals surface area contributed by atoms with E-state index in [4.69, 9.17) is 5.11 Å². The van der Waals surface area contributed by atoms with Crippen molar-refractivity contribution in [1.82, 2.24) is 5.32 Å². The summed E-state index contributed by atoms with van der Waals surface area (Å²) in [6.07, 6.45) is 3.96. The second kappa shape index (κ2) is 6.20. The number of hydrogen-bond acceptors (Lipinski definition) is 2. The van der Waals surface area contributed by atoms with Gasteiger partial charge in [-0.15, -0.1) is 0 Å². The zero-order chi connectivity index (χ0) is 13.8. The molecule has 0 saturated heterocycles. The number of benzene rings is 1. The zero-order valence-electron chi connectivity index (χ0n) is 11.8. The van der Waals surface area contributed by atoms with Gasteiger partial charge in [0.25, 0.3) is 5.91 Å². The van der Waals surface area contributed by atoms with E-state index in [1.165, 1.54) is 5.56 Å². The Morgan fingerprint density at radius 2 is 1.89 bits per heavy atom. The summed E-state index contributed by atoms with van der Waals surface area (Å²) in [4.78, 5) is 12.2. The van der Waals surface area contributed by atoms with E-state index in [0.29, 0.717) is 5.92 Å². The summed E-state index contributed by atoms with van der Waals surface area (Å²) in [5.41, 5.74) is 3.10. The van der Waals surface area contributed by atoms with Crippen molar-refractivity contribution < 1.29 is 9.90 Å². The van der Waals surface area contributed by atoms with Gasteiger partial charge in [-0.05, 0) is 68.7 Å². The third-order valence-electron chi connectivity index (χ3n) is 4.21. The Morgan fingerprint density at radius 3 is 2.47 bits per heavy atom. The lowest BCUT2D eigenvalue weighted by Crippen LogP contribution is -2.38. The summed E-state index contributed by atoms with van der Waals surface area (Å²) in [5.74, 6) is 0.449. The second-order valence-corrected chi connectivity index (χ2v) is 5.67. The number of aliphatic hydroxyl groups is 1. The molecule has 0 atom stereocenters. The van der Waals surface area contributed by atoms with Crippen molar-refractivity contribution in [2.75, 3.05) is 6.61 Å². The van der Waals surface area contributed by atoms with Crippen LogP contribution in [0.3, 0.4) is 0 Å². The maximum Gasteiger partial charge on any atom is 0.251 e. The van der Waals surface area contributed by atoms with Gasteiger partial charge < -0.3 is 10.4 Å². The second-order valence-electron chi connectivity index (χ2n) is 5.67. The van der Waals surface area contributed by atoms with Gasteiger partial charge >= 0.3 is 0 Å². The van der Waals surface area contributed by atoms with E-state index in [0.717, 1.165) is 36.8 Å². The molecule has 3 heteroatoms. The van der Waals surface area contributed by atoms with Gasteiger partial charge in [0.1, 0.15) is 0 Å². The maximum absolute atomic E-state index is 12.2. The molecule has 19 heavy (non-hydrogen) atoms. The Bertz CT molecular complexity index is 448. The largest absolute Gasteiger partial charge is 0.396 e. The molecule has 0 radical (unpaired) electrons. The standard InChI is InChI=1S/C16H23NO2/c1-11-3-6-14(9-12(11)2)16(19)17-15-7-4-13(10-18)5-8-15/h3,6,9,13,15,18H,4-5,7-8,10H2,1-2H3,(H,17,19). The predicted molar refractivity (Wildman–Crippen MR) is 76.2 cm³/mol. The Hall–Kier alpha value is -1.35. The molecule has 3 nitrogen and oxygen atoms in total. The highest BCUT2D eigenvalue weighted by atomic mass is 16.3. The van der Waals surface area contributed by atoms with Crippen LogP contribution in [0.5, 0.6) is 0 Å². The average molecular weight is 261 g/mol. The third-order valence-corrected chi connectivity index (χ3v) is 4.21. The molecule has 2 N–H and O–H groups in total. The minimum absolute atomic E-state index is 0.0237. The molecule has 1 aliphatic rings. The molecular formula is C16H23NO2. The molecule has 2 rings (SSSR count). The quantitative estimate of drug-likeness (QED) is 0.878. The minimum Gasteiger partial charge on any atom is -0.396 e. The van der Waals surface area contributed by atoms with Gasteiger partial charge in [0.2, 0.25) is 0 Å². The van der Waals surface area contributed by atoms with Crippen molar-refractivity contribution in [3.8, 4) is 0 Å². The molecule has 0 aromatic heterocycles. The Labute approximate surface area is 115 Å². The lowest BCUT2D eigenvalue weighted by atomic mass is 9.86. The van der Waals surface area contributed by atoms with Gasteiger partial charge in [0, 0.05) is 18.2 Å². The SMILES string of the molecule is Cc1ccc(C(=O)NC2CCC(CO)CC2)cc1C. The van der Waals surface area contributed by atoms with Crippen LogP contribution in [0.15, 0.2) is 18.2 Å². The molecule has 1 aromatic rings. The molecule has 0 spiro atoms. The fourth-order valence-electron chi connectivity index (χ4n) is 2.64. The Kier molecular flexibility index (Phi) is 4.59. The van der Waals surface area contributed by atoms with Gasteiger partial charge in [-0.25, -0.2) is 0 Å². The van der Waals surface area contributed by atoms with E-state index in [9.17, 15) is 4.79 Å². The molecule has 0 aliphatic heterocycles. The number of carbonyl (C=O) groups excluding carboxylic acids is 1. The molecule has 104 valence electrons. The number of carbonyl (C=O) groups is 1. The molecule has 1 aliphatic carbocycles. The normalized spacial score (nSPS) is 23.1. The fraction of sp³-hybridized carbons (Fsp3) is 0.562. The third kappa shape index (κ3) is 3.57. The number of rotatable bonds is 3. The van der Waals surface area contributed by atoms with Crippen molar-refractivity contribution in [3.63, 3.8) is 0 Å². The van der Waals surface area contributed by atoms with Crippen molar-refractivity contribution in [2.45, 2.75) is 45.6 Å². The number of amides is 1. The predicted octanol–water partition coefficient (Wildman–Crippen LogP) is 2.58. The lowest BCUT2D eigenvalue weighted by molar-refractivity contribution is 0.0914. The van der Waals surface area contributed by atoms with E-state index < -0.39 is 0 Å². The maximum atomic E-state index is 12.2. The van der Waals surface area contributed by atoms with Crippen LogP contribution in [0, 0.1) is 19.8 Å². The first-order valence-electron chi connectivity index (χ1n) is 7.09. The van der Waals surface area contributed by atoms with Crippen LogP contribution in [0.25, 0.3) is 0 Å². The first-order valence-corrected chi connectivity index (χ1v) is 7.09. The van der Waals surface area contributed by atoms with Crippen molar-refractivity contribution >= 4 is 5.91 Å². The zero-order valence-corrected chi connectivity index (χ0v) is 11.8. The number of hydrogen-bond donors (Lipinski definition) is 2. The number of nitrogens with one attached hydrogen (secondary N) is 1. The summed E-state index contributed by atoms with van der Waals surface area (Å²) in [6.45, 7) is 4.35. The lowest BCUT2D eigenvalue weighted by Gasteiger charge is -2.28. The Morgan fingerprint density at radius 1 is 1.21 bits per heavy atom. The van der Waals surface area contributed by atoms with E-state index in [2.05, 4.69) is 5.32 Å². The van der Waals surface area contributed by atoms with Crippen LogP contribution in [0.4, 0.5) is 0 Å². The summed E-state index contributed by atoms with van der Waals surface area (Å²) < 4.78 is 0. The van der Waals surface area contributed by atoms with Gasteiger partial charge in [-0.2, -0.15) is 0 Å². The van der Waals surface area contributed by atoms with Gasteiger partial charge in [0.15, 0.2) is 0 Å². The van der Waals surface area contributed by atoms with Crippen molar-refractivity contribution in [3.05, 3.63) is 34.9 Å². The molecular weight excluding hydrogens is 238 g/mol. The van der Waals surface area contributed by atoms with Crippen LogP contribution in [-0.4, -0.2) is 23.7 Å². The first kappa shape index (κ1) is 14.1. The van der Waals surface area contributed by atoms with E-state index in [1.54, 1.807) is 0 Å². The fourth-order valence-corrected chi connectivity index (χ4v) is 2.64. The van der Waals surface area contributed by atoms with Crippen molar-refractivity contribution in [1.29, 1.82) is 0 Å². The molecule has 1 fully saturated rings. The van der Waals surface area contributed by atoms with Crippen LogP contribution in [0.2, 0.25) is 0 Å². The topological polar surface area (TPSA) is 49.3 Å². The van der Waals surface area contributed by atoms with Crippen LogP contribution in [-0.2, 0) is 0 Å². The van der Waals surface area contributed by atoms with Gasteiger partial charge in [0.05, 0.1) is 0 Å². The van der Waals surface area contributed by atoms with E-state index >= 15 is 0 Å². The highest BCUT2D eigenvalue weighted by Crippen LogP contribution is 2.24. The van der Waals surface area contributed by atoms with Gasteiger partial charge in [-0.1, -0.05) is 6.07 Å². The smallest absolute Gasteiger partial charge is 0.251 e. The molecule has 0 heterocycles. The summed E-state index contributed by atoms with van der Waals surface area (Å²) in [6, 6.07) is 6.09. The van der Waals surface area contributed by atoms with Gasteiger partial charge in [-0.3, -0.25) is 4.79 Å². The summed E-state index contributed by atoms with van der Waals surface area (Å²) in [7, 11) is 0. The summed E-state index contributed by atoms with van der Waals surface area (Å²) in [5, 5.41) is 12.2. The van der Waals surface area contributed by atoms with Crippen LogP contribution in [0.1, 0.15) is 47.2 Å². The molecule has 1 aromatic carbocycles. The minimum atomic E-state index is 0.0237. The number of aliphatic hydroxyl groups excluding tert-OH is 1. The average Bonchev–Trinajstić information content (AvgIpc) is 2.42. The Balaban J connectivity index is 1.92. The first-order chi connectivity index (χ1) is 9.10. The monoisotopic (exact) mass is 261 g/mol. The highest BCUT2D eigenvalue weighted by molar-refractivity contribution is 5.94. The van der Waals surface area contributed by atoms with E-state index in [1.807, 2.05) is 32.0 Å². The molecule has 0 unspecified atom stereocenters. The molecule has 1 saturated carbocycles. The van der Waals surface area contributed by atoms with Crippen LogP contribution < -0.4 is 5.32 Å². The van der Waals surface area contributed by atoms with E-state index in [-0.39, 0.29) is 18.6 Å². The molecule has 0 bridgehead atoms. The van der Waals surface area contributed by atoms with Crippen molar-refractivity contribution in [2.24, 2.45) is 5.92 Å². The van der Waals surface area contributed by atoms with Crippen LogP contribution >= 0.6 is 0 Å². The molecule has 1 amide bonds. The highest BCUT2D eigenvalue weighted by Gasteiger charge is 2.22. The number of aryl methyl sites for hydroxylation is 2.